The first-order valence-corrected chi connectivity index (χ1v) is 8.18. The monoisotopic (exact) mass is 274 g/mol. The van der Waals surface area contributed by atoms with Gasteiger partial charge in [-0.05, 0) is 36.8 Å². The molecular formula is C18H30N2. The Bertz CT molecular complexity index is 388. The average molecular weight is 274 g/mol. The van der Waals surface area contributed by atoms with E-state index in [1.54, 1.807) is 0 Å². The first-order chi connectivity index (χ1) is 9.63. The van der Waals surface area contributed by atoms with Gasteiger partial charge in [-0.25, -0.2) is 0 Å². The van der Waals surface area contributed by atoms with Crippen molar-refractivity contribution < 1.29 is 0 Å². The largest absolute Gasteiger partial charge is 0.323 e. The lowest BCUT2D eigenvalue weighted by molar-refractivity contribution is 0.0778. The molecule has 2 nitrogen and oxygen atoms in total. The zero-order valence-electron chi connectivity index (χ0n) is 13.3. The first-order valence-electron chi connectivity index (χ1n) is 8.18. The molecule has 3 unspecified atom stereocenters. The SMILES string of the molecule is CCC1CCCN(C(C(C)C)C(N)c2ccccc2)C1. The summed E-state index contributed by atoms with van der Waals surface area (Å²) in [5, 5.41) is 0. The molecule has 0 spiro atoms. The molecule has 1 aromatic carbocycles. The van der Waals surface area contributed by atoms with E-state index >= 15 is 0 Å². The zero-order chi connectivity index (χ0) is 14.5. The molecular weight excluding hydrogens is 244 g/mol. The highest BCUT2D eigenvalue weighted by Gasteiger charge is 2.31. The fourth-order valence-electron chi connectivity index (χ4n) is 3.64. The number of nitrogens with two attached hydrogens (primary N) is 1. The molecule has 0 aliphatic carbocycles. The molecule has 1 aliphatic rings. The molecule has 0 bridgehead atoms. The fourth-order valence-corrected chi connectivity index (χ4v) is 3.64. The van der Waals surface area contributed by atoms with E-state index in [0.717, 1.165) is 5.92 Å². The van der Waals surface area contributed by atoms with E-state index in [1.165, 1.54) is 37.9 Å². The normalized spacial score (nSPS) is 23.8. The second-order valence-electron chi connectivity index (χ2n) is 6.58. The van der Waals surface area contributed by atoms with Crippen LogP contribution in [0.3, 0.4) is 0 Å². The molecule has 2 N–H and O–H groups in total. The van der Waals surface area contributed by atoms with Gasteiger partial charge in [-0.2, -0.15) is 0 Å². The van der Waals surface area contributed by atoms with Crippen molar-refractivity contribution in [2.24, 2.45) is 17.6 Å². The maximum atomic E-state index is 6.62. The van der Waals surface area contributed by atoms with Gasteiger partial charge in [0, 0.05) is 18.6 Å². The zero-order valence-corrected chi connectivity index (χ0v) is 13.3. The van der Waals surface area contributed by atoms with Gasteiger partial charge in [-0.15, -0.1) is 0 Å². The van der Waals surface area contributed by atoms with Crippen molar-refractivity contribution in [2.75, 3.05) is 13.1 Å². The van der Waals surface area contributed by atoms with Crippen molar-refractivity contribution in [3.05, 3.63) is 35.9 Å². The Labute approximate surface area is 124 Å². The van der Waals surface area contributed by atoms with Gasteiger partial charge in [-0.3, -0.25) is 4.90 Å². The predicted molar refractivity (Wildman–Crippen MR) is 86.6 cm³/mol. The van der Waals surface area contributed by atoms with Crippen molar-refractivity contribution in [3.63, 3.8) is 0 Å². The lowest BCUT2D eigenvalue weighted by atomic mass is 9.86. The standard InChI is InChI=1S/C18H30N2/c1-4-15-9-8-12-20(13-15)18(14(2)3)17(19)16-10-6-5-7-11-16/h5-7,10-11,14-15,17-18H,4,8-9,12-13,19H2,1-3H3. The summed E-state index contributed by atoms with van der Waals surface area (Å²) in [6.07, 6.45) is 4.00. The van der Waals surface area contributed by atoms with Gasteiger partial charge in [0.25, 0.3) is 0 Å². The third-order valence-electron chi connectivity index (χ3n) is 4.78. The molecule has 1 aromatic rings. The molecule has 0 radical (unpaired) electrons. The van der Waals surface area contributed by atoms with Crippen LogP contribution in [0.4, 0.5) is 0 Å². The minimum atomic E-state index is 0.117. The van der Waals surface area contributed by atoms with Gasteiger partial charge >= 0.3 is 0 Å². The quantitative estimate of drug-likeness (QED) is 0.884. The van der Waals surface area contributed by atoms with Crippen LogP contribution in [0.1, 0.15) is 51.6 Å². The van der Waals surface area contributed by atoms with Gasteiger partial charge in [0.05, 0.1) is 0 Å². The van der Waals surface area contributed by atoms with Gasteiger partial charge < -0.3 is 5.73 Å². The molecule has 1 fully saturated rings. The first kappa shape index (κ1) is 15.5. The van der Waals surface area contributed by atoms with Crippen molar-refractivity contribution in [1.82, 2.24) is 4.90 Å². The van der Waals surface area contributed by atoms with E-state index in [9.17, 15) is 0 Å². The van der Waals surface area contributed by atoms with Crippen molar-refractivity contribution in [3.8, 4) is 0 Å². The van der Waals surface area contributed by atoms with E-state index in [0.29, 0.717) is 12.0 Å². The topological polar surface area (TPSA) is 29.3 Å². The summed E-state index contributed by atoms with van der Waals surface area (Å²) < 4.78 is 0. The molecule has 2 rings (SSSR count). The highest BCUT2D eigenvalue weighted by Crippen LogP contribution is 2.29. The van der Waals surface area contributed by atoms with Crippen molar-refractivity contribution in [1.29, 1.82) is 0 Å². The van der Waals surface area contributed by atoms with Crippen LogP contribution in [-0.4, -0.2) is 24.0 Å². The number of benzene rings is 1. The van der Waals surface area contributed by atoms with Gasteiger partial charge in [0.15, 0.2) is 0 Å². The smallest absolute Gasteiger partial charge is 0.0455 e. The van der Waals surface area contributed by atoms with Crippen LogP contribution in [0.2, 0.25) is 0 Å². The number of hydrogen-bond donors (Lipinski definition) is 1. The van der Waals surface area contributed by atoms with E-state index in [4.69, 9.17) is 5.73 Å². The van der Waals surface area contributed by atoms with E-state index in [-0.39, 0.29) is 6.04 Å². The van der Waals surface area contributed by atoms with E-state index in [2.05, 4.69) is 56.0 Å². The highest BCUT2D eigenvalue weighted by molar-refractivity contribution is 5.20. The molecule has 2 heteroatoms. The minimum absolute atomic E-state index is 0.117. The lowest BCUT2D eigenvalue weighted by Crippen LogP contribution is -2.50. The van der Waals surface area contributed by atoms with Crippen LogP contribution in [-0.2, 0) is 0 Å². The summed E-state index contributed by atoms with van der Waals surface area (Å²) >= 11 is 0. The summed E-state index contributed by atoms with van der Waals surface area (Å²) in [4.78, 5) is 2.65. The third kappa shape index (κ3) is 3.62. The Balaban J connectivity index is 2.14. The third-order valence-corrected chi connectivity index (χ3v) is 4.78. The second kappa shape index (κ2) is 7.24. The molecule has 0 aromatic heterocycles. The van der Waals surface area contributed by atoms with E-state index in [1.807, 2.05) is 0 Å². The van der Waals surface area contributed by atoms with Crippen molar-refractivity contribution in [2.45, 2.75) is 52.1 Å². The van der Waals surface area contributed by atoms with Crippen LogP contribution in [0.25, 0.3) is 0 Å². The minimum Gasteiger partial charge on any atom is -0.323 e. The Morgan fingerprint density at radius 3 is 2.55 bits per heavy atom. The fraction of sp³-hybridized carbons (Fsp3) is 0.667. The summed E-state index contributed by atoms with van der Waals surface area (Å²) in [5.74, 6) is 1.44. The molecule has 20 heavy (non-hydrogen) atoms. The van der Waals surface area contributed by atoms with Crippen LogP contribution >= 0.6 is 0 Å². The highest BCUT2D eigenvalue weighted by atomic mass is 15.2. The van der Waals surface area contributed by atoms with Crippen LogP contribution < -0.4 is 5.73 Å². The molecule has 0 saturated carbocycles. The molecule has 1 aliphatic heterocycles. The summed E-state index contributed by atoms with van der Waals surface area (Å²) in [6.45, 7) is 9.36. The second-order valence-corrected chi connectivity index (χ2v) is 6.58. The van der Waals surface area contributed by atoms with Gasteiger partial charge in [-0.1, -0.05) is 57.5 Å². The Kier molecular flexibility index (Phi) is 5.62. The summed E-state index contributed by atoms with van der Waals surface area (Å²) in [5.41, 5.74) is 7.88. The number of hydrogen-bond acceptors (Lipinski definition) is 2. The van der Waals surface area contributed by atoms with Crippen LogP contribution in [0, 0.1) is 11.8 Å². The molecule has 3 atom stereocenters. The number of likely N-dealkylation sites (tertiary alicyclic amines) is 1. The number of nitrogens with zero attached hydrogens (tertiary/aromatic N) is 1. The Morgan fingerprint density at radius 1 is 1.25 bits per heavy atom. The van der Waals surface area contributed by atoms with Gasteiger partial charge in [0.1, 0.15) is 0 Å². The maximum absolute atomic E-state index is 6.62. The number of piperidine rings is 1. The van der Waals surface area contributed by atoms with Crippen molar-refractivity contribution >= 4 is 0 Å². The molecule has 1 heterocycles. The Hall–Kier alpha value is -0.860. The molecule has 0 amide bonds. The lowest BCUT2D eigenvalue weighted by Gasteiger charge is -2.42. The predicted octanol–water partition coefficient (Wildman–Crippen LogP) is 3.83. The van der Waals surface area contributed by atoms with Gasteiger partial charge in [0.2, 0.25) is 0 Å². The Morgan fingerprint density at radius 2 is 1.95 bits per heavy atom. The summed E-state index contributed by atoms with van der Waals surface area (Å²) in [6, 6.07) is 11.2. The maximum Gasteiger partial charge on any atom is 0.0455 e. The summed E-state index contributed by atoms with van der Waals surface area (Å²) in [7, 11) is 0. The molecule has 1 saturated heterocycles. The molecule has 112 valence electrons. The van der Waals surface area contributed by atoms with E-state index < -0.39 is 0 Å². The number of rotatable bonds is 5. The van der Waals surface area contributed by atoms with Crippen LogP contribution in [0.5, 0.6) is 0 Å². The average Bonchev–Trinajstić information content (AvgIpc) is 2.48. The van der Waals surface area contributed by atoms with Crippen LogP contribution in [0.15, 0.2) is 30.3 Å².